The number of nitrogens with zero attached hydrogens (tertiary/aromatic N) is 2. The van der Waals surface area contributed by atoms with Gasteiger partial charge >= 0.3 is 5.97 Å². The molecule has 0 bridgehead atoms. The maximum atomic E-state index is 14.0. The molecule has 1 aromatic heterocycles. The molecule has 0 fully saturated rings. The second kappa shape index (κ2) is 12.4. The molecular weight excluding hydrogens is 658 g/mol. The molecule has 0 aliphatic carbocycles. The van der Waals surface area contributed by atoms with E-state index in [1.165, 1.54) is 28.0 Å². The van der Waals surface area contributed by atoms with E-state index in [2.05, 4.69) is 22.6 Å². The fourth-order valence-electron chi connectivity index (χ4n) is 4.66. The van der Waals surface area contributed by atoms with Crippen molar-refractivity contribution in [2.45, 2.75) is 19.9 Å². The second-order valence-corrected chi connectivity index (χ2v) is 11.1. The van der Waals surface area contributed by atoms with Crippen LogP contribution in [0.15, 0.2) is 82.1 Å². The first kappa shape index (κ1) is 28.7. The number of esters is 1. The third-order valence-corrected chi connectivity index (χ3v) is 8.18. The van der Waals surface area contributed by atoms with Gasteiger partial charge in [-0.05, 0) is 77.9 Å². The van der Waals surface area contributed by atoms with Gasteiger partial charge in [-0.3, -0.25) is 9.36 Å². The predicted octanol–water partition coefficient (Wildman–Crippen LogP) is 5.09. The first-order chi connectivity index (χ1) is 19.9. The quantitative estimate of drug-likeness (QED) is 0.191. The number of aromatic nitrogens is 1. The lowest BCUT2D eigenvalue weighted by atomic mass is 9.93. The van der Waals surface area contributed by atoms with Crippen LogP contribution in [0.3, 0.4) is 0 Å². The average Bonchev–Trinajstić information content (AvgIpc) is 3.28. The van der Waals surface area contributed by atoms with Crippen molar-refractivity contribution in [1.82, 2.24) is 4.57 Å². The van der Waals surface area contributed by atoms with Crippen LogP contribution in [0.25, 0.3) is 11.8 Å². The highest BCUT2D eigenvalue weighted by Gasteiger charge is 2.35. The van der Waals surface area contributed by atoms with E-state index in [0.29, 0.717) is 44.3 Å². The highest BCUT2D eigenvalue weighted by Crippen LogP contribution is 2.36. The number of hydrogen-bond donors (Lipinski definition) is 0. The van der Waals surface area contributed by atoms with Gasteiger partial charge in [0, 0.05) is 5.56 Å². The minimum absolute atomic E-state index is 0.142. The SMILES string of the molecule is CCOC(=O)C1=C(c2ccccc2)N=c2s/c(=C\c3cc(I)c(OCC)c(OC)c3)c(=O)n2[C@@H]1c1ccc(F)cc1. The lowest BCUT2D eigenvalue weighted by Gasteiger charge is -2.25. The molecule has 0 unspecified atom stereocenters. The maximum absolute atomic E-state index is 14.0. The standard InChI is InChI=1S/C31H26FIN2O5S/c1-4-39-28-22(33)15-18(16-23(28)38-3)17-24-29(36)35-27(20-11-13-21(32)14-12-20)25(30(37)40-5-2)26(34-31(35)41-24)19-9-7-6-8-10-19/h6-17,27H,4-5H2,1-3H3/b24-17-/t27-/m1/s1. The van der Waals surface area contributed by atoms with Crippen molar-refractivity contribution in [3.63, 3.8) is 0 Å². The van der Waals surface area contributed by atoms with E-state index >= 15 is 0 Å². The number of rotatable bonds is 8. The fourth-order valence-corrected chi connectivity index (χ4v) is 6.44. The molecular formula is C31H26FIN2O5S. The molecule has 0 N–H and O–H groups in total. The number of thiazole rings is 1. The number of carbonyl (C=O) groups excluding carboxylic acids is 1. The molecule has 5 rings (SSSR count). The summed E-state index contributed by atoms with van der Waals surface area (Å²) in [5, 5.41) is 0. The summed E-state index contributed by atoms with van der Waals surface area (Å²) < 4.78 is 33.4. The molecule has 2 heterocycles. The molecule has 0 spiro atoms. The second-order valence-electron chi connectivity index (χ2n) is 8.95. The zero-order chi connectivity index (χ0) is 29.1. The number of halogens is 2. The van der Waals surface area contributed by atoms with Gasteiger partial charge in [0.05, 0.1) is 45.7 Å². The Morgan fingerprint density at radius 3 is 2.49 bits per heavy atom. The van der Waals surface area contributed by atoms with E-state index in [1.807, 2.05) is 49.4 Å². The van der Waals surface area contributed by atoms with Gasteiger partial charge in [-0.2, -0.15) is 0 Å². The number of methoxy groups -OCH3 is 1. The van der Waals surface area contributed by atoms with Crippen molar-refractivity contribution in [3.05, 3.63) is 118 Å². The van der Waals surface area contributed by atoms with Gasteiger partial charge in [-0.15, -0.1) is 0 Å². The van der Waals surface area contributed by atoms with Crippen molar-refractivity contribution >= 4 is 51.7 Å². The molecule has 0 saturated heterocycles. The van der Waals surface area contributed by atoms with Crippen molar-refractivity contribution in [3.8, 4) is 11.5 Å². The van der Waals surface area contributed by atoms with Gasteiger partial charge in [0.1, 0.15) is 5.82 Å². The van der Waals surface area contributed by atoms with E-state index < -0.39 is 17.8 Å². The van der Waals surface area contributed by atoms with Gasteiger partial charge in [-0.25, -0.2) is 14.2 Å². The summed E-state index contributed by atoms with van der Waals surface area (Å²) in [5.74, 6) is 0.171. The lowest BCUT2D eigenvalue weighted by Crippen LogP contribution is -2.40. The number of benzene rings is 3. The van der Waals surface area contributed by atoms with Crippen molar-refractivity contribution in [2.24, 2.45) is 4.99 Å². The maximum Gasteiger partial charge on any atom is 0.338 e. The Labute approximate surface area is 253 Å². The van der Waals surface area contributed by atoms with Crippen molar-refractivity contribution in [2.75, 3.05) is 20.3 Å². The van der Waals surface area contributed by atoms with Crippen LogP contribution >= 0.6 is 33.9 Å². The van der Waals surface area contributed by atoms with E-state index in [1.54, 1.807) is 32.2 Å². The number of hydrogen-bond acceptors (Lipinski definition) is 7. The molecule has 41 heavy (non-hydrogen) atoms. The molecule has 0 amide bonds. The van der Waals surface area contributed by atoms with Gasteiger partial charge in [-0.1, -0.05) is 53.8 Å². The monoisotopic (exact) mass is 684 g/mol. The van der Waals surface area contributed by atoms with Gasteiger partial charge in [0.15, 0.2) is 16.3 Å². The molecule has 1 aliphatic rings. The molecule has 0 radical (unpaired) electrons. The minimum Gasteiger partial charge on any atom is -0.493 e. The molecule has 3 aromatic carbocycles. The predicted molar refractivity (Wildman–Crippen MR) is 164 cm³/mol. The highest BCUT2D eigenvalue weighted by molar-refractivity contribution is 14.1. The zero-order valence-corrected chi connectivity index (χ0v) is 25.5. The molecule has 10 heteroatoms. The van der Waals surface area contributed by atoms with Crippen LogP contribution in [-0.2, 0) is 9.53 Å². The average molecular weight is 685 g/mol. The van der Waals surface area contributed by atoms with Gasteiger partial charge < -0.3 is 14.2 Å². The van der Waals surface area contributed by atoms with Crippen LogP contribution in [0.4, 0.5) is 4.39 Å². The Morgan fingerprint density at radius 1 is 1.10 bits per heavy atom. The molecule has 210 valence electrons. The first-order valence-electron chi connectivity index (χ1n) is 12.9. The Hall–Kier alpha value is -3.77. The van der Waals surface area contributed by atoms with Crippen LogP contribution in [0.5, 0.6) is 11.5 Å². The highest BCUT2D eigenvalue weighted by atomic mass is 127. The summed E-state index contributed by atoms with van der Waals surface area (Å²) in [4.78, 5) is 32.7. The zero-order valence-electron chi connectivity index (χ0n) is 22.5. The Morgan fingerprint density at radius 2 is 1.83 bits per heavy atom. The van der Waals surface area contributed by atoms with Gasteiger partial charge in [0.2, 0.25) is 0 Å². The Bertz CT molecular complexity index is 1810. The fraction of sp³-hybridized carbons (Fsp3) is 0.194. The number of ether oxygens (including phenoxy) is 3. The van der Waals surface area contributed by atoms with E-state index in [0.717, 1.165) is 9.13 Å². The van der Waals surface area contributed by atoms with E-state index in [4.69, 9.17) is 19.2 Å². The van der Waals surface area contributed by atoms with Crippen LogP contribution in [0, 0.1) is 9.39 Å². The molecule has 1 atom stereocenters. The summed E-state index contributed by atoms with van der Waals surface area (Å²) >= 11 is 3.39. The Balaban J connectivity index is 1.79. The third kappa shape index (κ3) is 5.71. The third-order valence-electron chi connectivity index (χ3n) is 6.40. The molecule has 1 aliphatic heterocycles. The summed E-state index contributed by atoms with van der Waals surface area (Å²) in [5.41, 5.74) is 2.28. The summed E-state index contributed by atoms with van der Waals surface area (Å²) in [6.07, 6.45) is 1.77. The molecule has 4 aromatic rings. The van der Waals surface area contributed by atoms with Gasteiger partial charge in [0.25, 0.3) is 5.56 Å². The van der Waals surface area contributed by atoms with Crippen LogP contribution in [-0.4, -0.2) is 30.9 Å². The normalized spacial score (nSPS) is 14.9. The molecule has 0 saturated carbocycles. The van der Waals surface area contributed by atoms with Crippen LogP contribution in [0.2, 0.25) is 0 Å². The van der Waals surface area contributed by atoms with Crippen LogP contribution in [0.1, 0.15) is 36.6 Å². The van der Waals surface area contributed by atoms with E-state index in [-0.39, 0.29) is 17.7 Å². The summed E-state index contributed by atoms with van der Waals surface area (Å²) in [6.45, 7) is 4.24. The van der Waals surface area contributed by atoms with E-state index in [9.17, 15) is 14.0 Å². The minimum atomic E-state index is -0.877. The number of carbonyl (C=O) groups is 1. The number of fused-ring (bicyclic) bond motifs is 1. The Kier molecular flexibility index (Phi) is 8.69. The van der Waals surface area contributed by atoms with Crippen LogP contribution < -0.4 is 24.4 Å². The lowest BCUT2D eigenvalue weighted by molar-refractivity contribution is -0.138. The summed E-state index contributed by atoms with van der Waals surface area (Å²) in [7, 11) is 1.57. The molecule has 7 nitrogen and oxygen atoms in total. The topological polar surface area (TPSA) is 79.1 Å². The largest absolute Gasteiger partial charge is 0.493 e. The summed E-state index contributed by atoms with van der Waals surface area (Å²) in [6, 6.07) is 17.9. The van der Waals surface area contributed by atoms with Crippen molar-refractivity contribution in [1.29, 1.82) is 0 Å². The smallest absolute Gasteiger partial charge is 0.338 e. The first-order valence-corrected chi connectivity index (χ1v) is 14.8. The van der Waals surface area contributed by atoms with Crippen molar-refractivity contribution < 1.29 is 23.4 Å².